The molecule has 0 spiro atoms. The monoisotopic (exact) mass is 388 g/mol. The van der Waals surface area contributed by atoms with Crippen LogP contribution in [0.15, 0.2) is 18.2 Å². The Balaban J connectivity index is 2.05. The van der Waals surface area contributed by atoms with Gasteiger partial charge in [-0.1, -0.05) is 37.1 Å². The smallest absolute Gasteiger partial charge is 0.309 e. The summed E-state index contributed by atoms with van der Waals surface area (Å²) in [5.74, 6) is -0.460. The van der Waals surface area contributed by atoms with Crippen molar-refractivity contribution in [1.29, 1.82) is 0 Å². The largest absolute Gasteiger partial charge is 0.462 e. The van der Waals surface area contributed by atoms with Gasteiger partial charge in [0.15, 0.2) is 0 Å². The topological polar surface area (TPSA) is 52.6 Å². The molecule has 0 bridgehead atoms. The Labute approximate surface area is 170 Å². The molecule has 156 valence electrons. The fraction of sp³-hybridized carbons (Fsp3) is 0.667. The van der Waals surface area contributed by atoms with Crippen molar-refractivity contribution in [2.45, 2.75) is 91.8 Å². The average Bonchev–Trinajstić information content (AvgIpc) is 2.49. The van der Waals surface area contributed by atoms with E-state index in [0.717, 1.165) is 0 Å². The molecule has 0 amide bonds. The van der Waals surface area contributed by atoms with Crippen LogP contribution in [0, 0.1) is 25.7 Å². The number of aryl methyl sites for hydroxylation is 2. The summed E-state index contributed by atoms with van der Waals surface area (Å²) in [5, 5.41) is 0. The first kappa shape index (κ1) is 22.4. The highest BCUT2D eigenvalue weighted by molar-refractivity contribution is 5.80. The summed E-state index contributed by atoms with van der Waals surface area (Å²) in [6, 6.07) is 6.51. The Hall–Kier alpha value is -1.84. The zero-order valence-electron chi connectivity index (χ0n) is 18.5. The molecular formula is C24H36O4. The maximum absolute atomic E-state index is 12.6. The lowest BCUT2D eigenvalue weighted by Gasteiger charge is -2.38. The van der Waals surface area contributed by atoms with E-state index in [1.54, 1.807) is 6.92 Å². The van der Waals surface area contributed by atoms with E-state index >= 15 is 0 Å². The van der Waals surface area contributed by atoms with Crippen molar-refractivity contribution in [2.75, 3.05) is 0 Å². The van der Waals surface area contributed by atoms with Crippen LogP contribution in [0.3, 0.4) is 0 Å². The zero-order valence-corrected chi connectivity index (χ0v) is 18.5. The molecule has 0 saturated heterocycles. The van der Waals surface area contributed by atoms with Gasteiger partial charge < -0.3 is 9.47 Å². The molecule has 1 aromatic carbocycles. The van der Waals surface area contributed by atoms with Crippen LogP contribution in [-0.2, 0) is 19.1 Å². The molecule has 4 nitrogen and oxygen atoms in total. The number of esters is 2. The molecule has 0 radical (unpaired) electrons. The van der Waals surface area contributed by atoms with Crippen LogP contribution in [0.5, 0.6) is 0 Å². The number of rotatable bonds is 7. The lowest BCUT2D eigenvalue weighted by atomic mass is 9.70. The second kappa shape index (κ2) is 9.11. The summed E-state index contributed by atoms with van der Waals surface area (Å²) in [6.07, 6.45) is 3.41. The molecule has 1 fully saturated rings. The van der Waals surface area contributed by atoms with Gasteiger partial charge in [0.25, 0.3) is 0 Å². The van der Waals surface area contributed by atoms with Gasteiger partial charge in [0.2, 0.25) is 0 Å². The van der Waals surface area contributed by atoms with Gasteiger partial charge in [0.05, 0.1) is 12.3 Å². The molecule has 1 aromatic rings. The number of benzene rings is 1. The highest BCUT2D eigenvalue weighted by Gasteiger charge is 2.36. The maximum atomic E-state index is 12.6. The molecule has 0 aromatic heterocycles. The molecule has 1 aliphatic rings. The van der Waals surface area contributed by atoms with E-state index < -0.39 is 11.5 Å². The predicted octanol–water partition coefficient (Wildman–Crippen LogP) is 5.49. The van der Waals surface area contributed by atoms with Gasteiger partial charge in [-0.3, -0.25) is 9.59 Å². The van der Waals surface area contributed by atoms with Crippen LogP contribution in [-0.4, -0.2) is 23.6 Å². The lowest BCUT2D eigenvalue weighted by molar-refractivity contribution is -0.164. The van der Waals surface area contributed by atoms with Gasteiger partial charge in [-0.15, -0.1) is 0 Å². The Morgan fingerprint density at radius 1 is 1.14 bits per heavy atom. The highest BCUT2D eigenvalue weighted by atomic mass is 16.6. The molecule has 28 heavy (non-hydrogen) atoms. The molecule has 0 heterocycles. The van der Waals surface area contributed by atoms with Crippen LogP contribution >= 0.6 is 0 Å². The Morgan fingerprint density at radius 2 is 1.79 bits per heavy atom. The molecule has 0 unspecified atom stereocenters. The molecule has 2 rings (SSSR count). The highest BCUT2D eigenvalue weighted by Crippen LogP contribution is 2.43. The Bertz CT molecular complexity index is 697. The predicted molar refractivity (Wildman–Crippen MR) is 111 cm³/mol. The van der Waals surface area contributed by atoms with Gasteiger partial charge in [0, 0.05) is 5.92 Å². The first-order chi connectivity index (χ1) is 13.0. The number of hydrogen-bond donors (Lipinski definition) is 0. The summed E-state index contributed by atoms with van der Waals surface area (Å²) < 4.78 is 11.2. The van der Waals surface area contributed by atoms with E-state index in [1.165, 1.54) is 36.0 Å². The second-order valence-electron chi connectivity index (χ2n) is 9.41. The van der Waals surface area contributed by atoms with Crippen LogP contribution in [0.25, 0.3) is 0 Å². The lowest BCUT2D eigenvalue weighted by Crippen LogP contribution is -2.34. The van der Waals surface area contributed by atoms with Crippen molar-refractivity contribution in [3.05, 3.63) is 34.9 Å². The van der Waals surface area contributed by atoms with Crippen molar-refractivity contribution in [3.63, 3.8) is 0 Å². The fourth-order valence-corrected chi connectivity index (χ4v) is 3.98. The van der Waals surface area contributed by atoms with E-state index in [4.69, 9.17) is 9.47 Å². The van der Waals surface area contributed by atoms with E-state index in [9.17, 15) is 9.59 Å². The SMILES string of the molecule is Cc1ccc([C@@H](C2CCC2)[C@H](C)OC(=O)[C@H](C)CC(=O)OC(C)(C)C)c(C)c1. The quantitative estimate of drug-likeness (QED) is 0.580. The molecule has 4 heteroatoms. The molecule has 1 aliphatic carbocycles. The van der Waals surface area contributed by atoms with E-state index in [2.05, 4.69) is 32.0 Å². The van der Waals surface area contributed by atoms with Crippen molar-refractivity contribution in [2.24, 2.45) is 11.8 Å². The molecule has 1 saturated carbocycles. The first-order valence-electron chi connectivity index (χ1n) is 10.5. The number of carbonyl (C=O) groups is 2. The van der Waals surface area contributed by atoms with Crippen LogP contribution in [0.4, 0.5) is 0 Å². The summed E-state index contributed by atoms with van der Waals surface area (Å²) in [5.41, 5.74) is 3.22. The van der Waals surface area contributed by atoms with Crippen LogP contribution in [0.1, 0.15) is 82.9 Å². The number of ether oxygens (including phenoxy) is 2. The van der Waals surface area contributed by atoms with Crippen molar-refractivity contribution in [3.8, 4) is 0 Å². The summed E-state index contributed by atoms with van der Waals surface area (Å²) in [4.78, 5) is 24.7. The van der Waals surface area contributed by atoms with Crippen molar-refractivity contribution in [1.82, 2.24) is 0 Å². The van der Waals surface area contributed by atoms with Crippen LogP contribution in [0.2, 0.25) is 0 Å². The normalized spacial score (nSPS) is 18.0. The van der Waals surface area contributed by atoms with Gasteiger partial charge >= 0.3 is 11.9 Å². The number of carbonyl (C=O) groups excluding carboxylic acids is 2. The number of hydrogen-bond acceptors (Lipinski definition) is 4. The third kappa shape index (κ3) is 6.08. The van der Waals surface area contributed by atoms with Gasteiger partial charge in [-0.05, 0) is 71.4 Å². The van der Waals surface area contributed by atoms with E-state index in [1.807, 2.05) is 27.7 Å². The standard InChI is InChI=1S/C24H36O4/c1-15-11-12-20(16(2)13-15)22(19-9-8-10-19)18(4)27-23(26)17(3)14-21(25)28-24(5,6)7/h11-13,17-19,22H,8-10,14H2,1-7H3/t17-,18+,22-/m1/s1. The third-order valence-corrected chi connectivity index (χ3v) is 5.55. The fourth-order valence-electron chi connectivity index (χ4n) is 3.98. The Kier molecular flexibility index (Phi) is 7.30. The van der Waals surface area contributed by atoms with Crippen molar-refractivity contribution >= 4 is 11.9 Å². The maximum Gasteiger partial charge on any atom is 0.309 e. The minimum Gasteiger partial charge on any atom is -0.462 e. The molecule has 0 N–H and O–H groups in total. The molecule has 3 atom stereocenters. The first-order valence-corrected chi connectivity index (χ1v) is 10.5. The van der Waals surface area contributed by atoms with Crippen molar-refractivity contribution < 1.29 is 19.1 Å². The summed E-state index contributed by atoms with van der Waals surface area (Å²) in [6.45, 7) is 13.4. The zero-order chi connectivity index (χ0) is 21.1. The average molecular weight is 389 g/mol. The summed E-state index contributed by atoms with van der Waals surface area (Å²) in [7, 11) is 0. The minimum atomic E-state index is -0.549. The van der Waals surface area contributed by atoms with E-state index in [-0.39, 0.29) is 30.4 Å². The molecular weight excluding hydrogens is 352 g/mol. The summed E-state index contributed by atoms with van der Waals surface area (Å²) >= 11 is 0. The third-order valence-electron chi connectivity index (χ3n) is 5.55. The minimum absolute atomic E-state index is 0.0421. The second-order valence-corrected chi connectivity index (χ2v) is 9.41. The van der Waals surface area contributed by atoms with Gasteiger partial charge in [-0.2, -0.15) is 0 Å². The molecule has 0 aliphatic heterocycles. The van der Waals surface area contributed by atoms with Gasteiger partial charge in [0.1, 0.15) is 11.7 Å². The van der Waals surface area contributed by atoms with Crippen LogP contribution < -0.4 is 0 Å². The Morgan fingerprint density at radius 3 is 2.29 bits per heavy atom. The van der Waals surface area contributed by atoms with E-state index in [0.29, 0.717) is 5.92 Å². The van der Waals surface area contributed by atoms with Gasteiger partial charge in [-0.25, -0.2) is 0 Å².